The molecule has 1 unspecified atom stereocenters. The summed E-state index contributed by atoms with van der Waals surface area (Å²) in [6, 6.07) is 8.15. The number of hydrogen-bond acceptors (Lipinski definition) is 5. The second kappa shape index (κ2) is 6.63. The van der Waals surface area contributed by atoms with Crippen LogP contribution in [-0.2, 0) is 0 Å². The normalized spacial score (nSPS) is 12.4. The molecular weight excluding hydrogens is 258 g/mol. The van der Waals surface area contributed by atoms with Gasteiger partial charge in [-0.2, -0.15) is 0 Å². The topological polar surface area (TPSA) is 47.0 Å². The molecule has 0 fully saturated rings. The Morgan fingerprint density at radius 2 is 2.00 bits per heavy atom. The zero-order chi connectivity index (χ0) is 13.7. The molecule has 1 N–H and O–H groups in total. The third-order valence-electron chi connectivity index (χ3n) is 2.85. The van der Waals surface area contributed by atoms with E-state index in [1.54, 1.807) is 18.4 Å². The van der Waals surface area contributed by atoms with Crippen LogP contribution >= 0.6 is 11.3 Å². The predicted octanol–water partition coefficient (Wildman–Crippen LogP) is 3.27. The van der Waals surface area contributed by atoms with Crippen molar-refractivity contribution in [3.8, 4) is 16.3 Å². The summed E-state index contributed by atoms with van der Waals surface area (Å²) < 4.78 is 5.15. The molecule has 0 aliphatic rings. The molecule has 1 aromatic carbocycles. The van der Waals surface area contributed by atoms with Crippen LogP contribution in [0.2, 0.25) is 0 Å². The summed E-state index contributed by atoms with van der Waals surface area (Å²) in [5.74, 6) is 0.853. The molecule has 0 saturated heterocycles. The van der Waals surface area contributed by atoms with Crippen LogP contribution in [0, 0.1) is 0 Å². The van der Waals surface area contributed by atoms with Gasteiger partial charge in [-0.15, -0.1) is 10.2 Å². The quantitative estimate of drug-likeness (QED) is 0.880. The first-order valence-corrected chi connectivity index (χ1v) is 7.27. The van der Waals surface area contributed by atoms with Gasteiger partial charge in [0.1, 0.15) is 15.8 Å². The lowest BCUT2D eigenvalue weighted by molar-refractivity contribution is 0.415. The summed E-state index contributed by atoms with van der Waals surface area (Å²) in [5.41, 5.74) is 1.08. The number of benzene rings is 1. The molecule has 0 radical (unpaired) electrons. The average Bonchev–Trinajstić information content (AvgIpc) is 2.94. The fraction of sp³-hybridized carbons (Fsp3) is 0.429. The summed E-state index contributed by atoms with van der Waals surface area (Å²) in [4.78, 5) is 0. The Balaban J connectivity index is 2.11. The molecule has 19 heavy (non-hydrogen) atoms. The van der Waals surface area contributed by atoms with E-state index in [1.165, 1.54) is 0 Å². The van der Waals surface area contributed by atoms with Crippen LogP contribution in [0.15, 0.2) is 24.3 Å². The van der Waals surface area contributed by atoms with Crippen LogP contribution in [0.3, 0.4) is 0 Å². The van der Waals surface area contributed by atoms with Crippen molar-refractivity contribution < 1.29 is 4.74 Å². The van der Waals surface area contributed by atoms with Gasteiger partial charge in [-0.05, 0) is 44.2 Å². The highest BCUT2D eigenvalue weighted by Crippen LogP contribution is 2.27. The maximum Gasteiger partial charge on any atom is 0.147 e. The number of rotatable bonds is 6. The van der Waals surface area contributed by atoms with Gasteiger partial charge >= 0.3 is 0 Å². The number of aromatic nitrogens is 2. The van der Waals surface area contributed by atoms with Crippen LogP contribution < -0.4 is 10.1 Å². The lowest BCUT2D eigenvalue weighted by atomic mass is 10.2. The van der Waals surface area contributed by atoms with Gasteiger partial charge in [0.25, 0.3) is 0 Å². The Bertz CT molecular complexity index is 510. The molecule has 0 aliphatic heterocycles. The minimum absolute atomic E-state index is 0.254. The summed E-state index contributed by atoms with van der Waals surface area (Å²) >= 11 is 1.63. The Hall–Kier alpha value is -1.46. The number of ether oxygens (including phenoxy) is 1. The number of hydrogen-bond donors (Lipinski definition) is 1. The minimum Gasteiger partial charge on any atom is -0.497 e. The highest BCUT2D eigenvalue weighted by molar-refractivity contribution is 7.14. The van der Waals surface area contributed by atoms with Gasteiger partial charge in [0, 0.05) is 5.56 Å². The van der Waals surface area contributed by atoms with Crippen molar-refractivity contribution in [3.05, 3.63) is 29.3 Å². The van der Waals surface area contributed by atoms with Crippen molar-refractivity contribution in [1.82, 2.24) is 15.5 Å². The molecule has 0 amide bonds. The predicted molar refractivity (Wildman–Crippen MR) is 78.6 cm³/mol. The zero-order valence-corrected chi connectivity index (χ0v) is 12.3. The molecule has 5 heteroatoms. The van der Waals surface area contributed by atoms with Gasteiger partial charge in [-0.25, -0.2) is 0 Å². The molecule has 102 valence electrons. The fourth-order valence-corrected chi connectivity index (χ4v) is 2.58. The summed E-state index contributed by atoms with van der Waals surface area (Å²) in [6.45, 7) is 5.27. The smallest absolute Gasteiger partial charge is 0.147 e. The van der Waals surface area contributed by atoms with Crippen LogP contribution in [-0.4, -0.2) is 23.9 Å². The molecule has 4 nitrogen and oxygen atoms in total. The Morgan fingerprint density at radius 3 is 2.63 bits per heavy atom. The van der Waals surface area contributed by atoms with Crippen LogP contribution in [0.4, 0.5) is 0 Å². The monoisotopic (exact) mass is 277 g/mol. The SMILES string of the molecule is CCCNC(C)c1nnc(-c2ccc(OC)cc2)s1. The number of nitrogens with zero attached hydrogens (tertiary/aromatic N) is 2. The van der Waals surface area contributed by atoms with Crippen molar-refractivity contribution in [3.63, 3.8) is 0 Å². The summed E-state index contributed by atoms with van der Waals surface area (Å²) in [6.07, 6.45) is 1.12. The lowest BCUT2D eigenvalue weighted by Crippen LogP contribution is -2.18. The molecule has 1 heterocycles. The zero-order valence-electron chi connectivity index (χ0n) is 11.5. The van der Waals surface area contributed by atoms with Crippen molar-refractivity contribution in [2.24, 2.45) is 0 Å². The highest BCUT2D eigenvalue weighted by atomic mass is 32.1. The maximum absolute atomic E-state index is 5.15. The molecule has 2 aromatic rings. The molecule has 2 rings (SSSR count). The van der Waals surface area contributed by atoms with E-state index in [2.05, 4.69) is 29.4 Å². The summed E-state index contributed by atoms with van der Waals surface area (Å²) in [7, 11) is 1.67. The van der Waals surface area contributed by atoms with Gasteiger partial charge in [-0.3, -0.25) is 0 Å². The molecule has 0 saturated carbocycles. The van der Waals surface area contributed by atoms with E-state index in [9.17, 15) is 0 Å². The van der Waals surface area contributed by atoms with Crippen molar-refractivity contribution >= 4 is 11.3 Å². The van der Waals surface area contributed by atoms with Gasteiger partial charge in [-0.1, -0.05) is 18.3 Å². The Morgan fingerprint density at radius 1 is 1.26 bits per heavy atom. The Labute approximate surface area is 117 Å². The average molecular weight is 277 g/mol. The third kappa shape index (κ3) is 3.52. The van der Waals surface area contributed by atoms with E-state index in [0.717, 1.165) is 34.3 Å². The molecule has 0 bridgehead atoms. The maximum atomic E-state index is 5.15. The standard InChI is InChI=1S/C14H19N3OS/c1-4-9-15-10(2)13-16-17-14(19-13)11-5-7-12(18-3)8-6-11/h5-8,10,15H,4,9H2,1-3H3. The van der Waals surface area contributed by atoms with E-state index >= 15 is 0 Å². The largest absolute Gasteiger partial charge is 0.497 e. The molecular formula is C14H19N3OS. The molecule has 0 spiro atoms. The second-order valence-electron chi connectivity index (χ2n) is 4.35. The first-order valence-electron chi connectivity index (χ1n) is 6.45. The van der Waals surface area contributed by atoms with E-state index < -0.39 is 0 Å². The first kappa shape index (κ1) is 14.0. The van der Waals surface area contributed by atoms with Crippen molar-refractivity contribution in [1.29, 1.82) is 0 Å². The molecule has 0 aliphatic carbocycles. The second-order valence-corrected chi connectivity index (χ2v) is 5.36. The Kier molecular flexibility index (Phi) is 4.87. The van der Waals surface area contributed by atoms with Gasteiger partial charge in [0.15, 0.2) is 0 Å². The highest BCUT2D eigenvalue weighted by Gasteiger charge is 2.12. The lowest BCUT2D eigenvalue weighted by Gasteiger charge is -2.08. The van der Waals surface area contributed by atoms with E-state index in [0.29, 0.717) is 0 Å². The first-order chi connectivity index (χ1) is 9.24. The van der Waals surface area contributed by atoms with E-state index in [4.69, 9.17) is 4.74 Å². The van der Waals surface area contributed by atoms with Crippen LogP contribution in [0.25, 0.3) is 10.6 Å². The number of nitrogens with one attached hydrogen (secondary N) is 1. The third-order valence-corrected chi connectivity index (χ3v) is 4.00. The number of methoxy groups -OCH3 is 1. The van der Waals surface area contributed by atoms with Gasteiger partial charge in [0.05, 0.1) is 13.2 Å². The molecule has 1 aromatic heterocycles. The van der Waals surface area contributed by atoms with Crippen LogP contribution in [0.1, 0.15) is 31.3 Å². The van der Waals surface area contributed by atoms with Gasteiger partial charge in [0.2, 0.25) is 0 Å². The van der Waals surface area contributed by atoms with Crippen molar-refractivity contribution in [2.75, 3.05) is 13.7 Å². The van der Waals surface area contributed by atoms with Crippen molar-refractivity contribution in [2.45, 2.75) is 26.3 Å². The van der Waals surface area contributed by atoms with E-state index in [-0.39, 0.29) is 6.04 Å². The fourth-order valence-electron chi connectivity index (χ4n) is 1.71. The van der Waals surface area contributed by atoms with Gasteiger partial charge < -0.3 is 10.1 Å². The van der Waals surface area contributed by atoms with Crippen LogP contribution in [0.5, 0.6) is 5.75 Å². The van der Waals surface area contributed by atoms with E-state index in [1.807, 2.05) is 24.3 Å². The summed E-state index contributed by atoms with van der Waals surface area (Å²) in [5, 5.41) is 13.9. The molecule has 1 atom stereocenters. The minimum atomic E-state index is 0.254.